The summed E-state index contributed by atoms with van der Waals surface area (Å²) in [5.41, 5.74) is 1.13. The van der Waals surface area contributed by atoms with Gasteiger partial charge in [-0.15, -0.1) is 0 Å². The van der Waals surface area contributed by atoms with E-state index in [1.165, 1.54) is 0 Å². The summed E-state index contributed by atoms with van der Waals surface area (Å²) in [7, 11) is 0. The highest BCUT2D eigenvalue weighted by Gasteiger charge is 2.08. The van der Waals surface area contributed by atoms with E-state index in [1.54, 1.807) is 18.2 Å². The first-order valence-electron chi connectivity index (χ1n) is 7.14. The van der Waals surface area contributed by atoms with Crippen LogP contribution in [-0.4, -0.2) is 22.7 Å². The summed E-state index contributed by atoms with van der Waals surface area (Å²) in [4.78, 5) is 4.10. The highest BCUT2D eigenvalue weighted by molar-refractivity contribution is 5.39. The Labute approximate surface area is 130 Å². The molecule has 22 heavy (non-hydrogen) atoms. The van der Waals surface area contributed by atoms with Gasteiger partial charge in [0.05, 0.1) is 12.2 Å². The van der Waals surface area contributed by atoms with Gasteiger partial charge in [-0.3, -0.25) is 0 Å². The van der Waals surface area contributed by atoms with E-state index in [1.807, 2.05) is 44.2 Å². The molecule has 1 unspecified atom stereocenters. The summed E-state index contributed by atoms with van der Waals surface area (Å²) in [5.74, 6) is 1.35. The van der Waals surface area contributed by atoms with Crippen LogP contribution in [0.4, 0.5) is 5.82 Å². The fraction of sp³-hybridized carbons (Fsp3) is 0.294. The number of nitrogens with zero attached hydrogens (tertiary/aromatic N) is 2. The average Bonchev–Trinajstić information content (AvgIpc) is 2.53. The van der Waals surface area contributed by atoms with Gasteiger partial charge in [0.25, 0.3) is 0 Å². The van der Waals surface area contributed by atoms with Crippen LogP contribution in [0.3, 0.4) is 0 Å². The third kappa shape index (κ3) is 4.47. The fourth-order valence-corrected chi connectivity index (χ4v) is 1.96. The van der Waals surface area contributed by atoms with Crippen LogP contribution in [0.5, 0.6) is 5.75 Å². The topological polar surface area (TPSA) is 78.2 Å². The molecule has 1 heterocycles. The van der Waals surface area contributed by atoms with Crippen molar-refractivity contribution in [3.63, 3.8) is 0 Å². The van der Waals surface area contributed by atoms with Crippen molar-refractivity contribution in [2.45, 2.75) is 26.1 Å². The number of anilines is 1. The van der Waals surface area contributed by atoms with Crippen LogP contribution in [0.1, 0.15) is 31.2 Å². The number of ether oxygens (including phenoxy) is 1. The van der Waals surface area contributed by atoms with Crippen molar-refractivity contribution < 1.29 is 9.84 Å². The zero-order valence-corrected chi connectivity index (χ0v) is 12.7. The largest absolute Gasteiger partial charge is 0.491 e. The van der Waals surface area contributed by atoms with Gasteiger partial charge in [0.15, 0.2) is 0 Å². The molecule has 0 bridgehead atoms. The number of benzene rings is 1. The van der Waals surface area contributed by atoms with E-state index in [0.717, 1.165) is 11.3 Å². The SMILES string of the molecule is CC(C)Oc1ccc(C(O)CNc2cccc(C#N)n2)cc1. The van der Waals surface area contributed by atoms with Crippen molar-refractivity contribution in [3.05, 3.63) is 53.7 Å². The summed E-state index contributed by atoms with van der Waals surface area (Å²) in [6, 6.07) is 14.5. The van der Waals surface area contributed by atoms with Gasteiger partial charge in [0, 0.05) is 6.54 Å². The Hall–Kier alpha value is -2.58. The molecule has 5 heteroatoms. The second kappa shape index (κ2) is 7.43. The maximum Gasteiger partial charge on any atom is 0.142 e. The molecule has 1 aromatic heterocycles. The smallest absolute Gasteiger partial charge is 0.142 e. The minimum Gasteiger partial charge on any atom is -0.491 e. The standard InChI is InChI=1S/C17H19N3O2/c1-12(2)22-15-8-6-13(7-9-15)16(21)11-19-17-5-3-4-14(10-18)20-17/h3-9,12,16,21H,11H2,1-2H3,(H,19,20). The molecular formula is C17H19N3O2. The molecule has 2 rings (SSSR count). The summed E-state index contributed by atoms with van der Waals surface area (Å²) >= 11 is 0. The van der Waals surface area contributed by atoms with E-state index in [-0.39, 0.29) is 6.10 Å². The number of aliphatic hydroxyl groups is 1. The van der Waals surface area contributed by atoms with Gasteiger partial charge in [0.2, 0.25) is 0 Å². The van der Waals surface area contributed by atoms with Crippen molar-refractivity contribution in [3.8, 4) is 11.8 Å². The Morgan fingerprint density at radius 3 is 2.59 bits per heavy atom. The second-order valence-corrected chi connectivity index (χ2v) is 5.15. The first-order valence-corrected chi connectivity index (χ1v) is 7.14. The third-order valence-corrected chi connectivity index (χ3v) is 2.98. The van der Waals surface area contributed by atoms with Gasteiger partial charge >= 0.3 is 0 Å². The van der Waals surface area contributed by atoms with Gasteiger partial charge < -0.3 is 15.2 Å². The quantitative estimate of drug-likeness (QED) is 0.857. The minimum atomic E-state index is -0.666. The van der Waals surface area contributed by atoms with Crippen molar-refractivity contribution >= 4 is 5.82 Å². The van der Waals surface area contributed by atoms with Gasteiger partial charge in [-0.2, -0.15) is 5.26 Å². The van der Waals surface area contributed by atoms with E-state index in [0.29, 0.717) is 18.1 Å². The van der Waals surface area contributed by atoms with Gasteiger partial charge in [-0.25, -0.2) is 4.98 Å². The van der Waals surface area contributed by atoms with Gasteiger partial charge in [-0.1, -0.05) is 18.2 Å². The number of nitriles is 1. The Morgan fingerprint density at radius 2 is 1.95 bits per heavy atom. The average molecular weight is 297 g/mol. The number of rotatable bonds is 6. The summed E-state index contributed by atoms with van der Waals surface area (Å²) in [6.07, 6.45) is -0.545. The summed E-state index contributed by atoms with van der Waals surface area (Å²) < 4.78 is 5.57. The molecule has 2 N–H and O–H groups in total. The van der Waals surface area contributed by atoms with E-state index in [2.05, 4.69) is 10.3 Å². The molecule has 0 aliphatic carbocycles. The molecular weight excluding hydrogens is 278 g/mol. The maximum atomic E-state index is 10.2. The molecule has 114 valence electrons. The predicted molar refractivity (Wildman–Crippen MR) is 84.6 cm³/mol. The molecule has 1 atom stereocenters. The maximum absolute atomic E-state index is 10.2. The lowest BCUT2D eigenvalue weighted by atomic mass is 10.1. The second-order valence-electron chi connectivity index (χ2n) is 5.15. The molecule has 2 aromatic rings. The normalized spacial score (nSPS) is 11.8. The van der Waals surface area contributed by atoms with Gasteiger partial charge in [-0.05, 0) is 43.7 Å². The Kier molecular flexibility index (Phi) is 5.34. The van der Waals surface area contributed by atoms with Crippen LogP contribution in [0.15, 0.2) is 42.5 Å². The zero-order chi connectivity index (χ0) is 15.9. The number of hydrogen-bond acceptors (Lipinski definition) is 5. The molecule has 0 amide bonds. The lowest BCUT2D eigenvalue weighted by molar-refractivity contribution is 0.191. The molecule has 0 aliphatic heterocycles. The Bertz CT molecular complexity index is 648. The monoisotopic (exact) mass is 297 g/mol. The van der Waals surface area contributed by atoms with Crippen LogP contribution in [-0.2, 0) is 0 Å². The number of aromatic nitrogens is 1. The van der Waals surface area contributed by atoms with Crippen LogP contribution < -0.4 is 10.1 Å². The molecule has 0 aliphatic rings. The van der Waals surface area contributed by atoms with Crippen molar-refractivity contribution in [2.24, 2.45) is 0 Å². The number of hydrogen-bond donors (Lipinski definition) is 2. The summed E-state index contributed by atoms with van der Waals surface area (Å²) in [6.45, 7) is 4.25. The zero-order valence-electron chi connectivity index (χ0n) is 12.7. The molecule has 0 spiro atoms. The molecule has 0 fully saturated rings. The molecule has 0 saturated carbocycles. The number of pyridine rings is 1. The third-order valence-electron chi connectivity index (χ3n) is 2.98. The first kappa shape index (κ1) is 15.8. The van der Waals surface area contributed by atoms with E-state index in [4.69, 9.17) is 10.00 Å². The van der Waals surface area contributed by atoms with Crippen molar-refractivity contribution in [1.29, 1.82) is 5.26 Å². The van der Waals surface area contributed by atoms with E-state index in [9.17, 15) is 5.11 Å². The first-order chi connectivity index (χ1) is 10.6. The van der Waals surface area contributed by atoms with Gasteiger partial charge in [0.1, 0.15) is 23.3 Å². The van der Waals surface area contributed by atoms with Crippen LogP contribution in [0, 0.1) is 11.3 Å². The summed E-state index contributed by atoms with van der Waals surface area (Å²) in [5, 5.41) is 22.0. The van der Waals surface area contributed by atoms with Crippen molar-refractivity contribution in [1.82, 2.24) is 4.98 Å². The van der Waals surface area contributed by atoms with Crippen LogP contribution in [0.2, 0.25) is 0 Å². The Balaban J connectivity index is 1.94. The lowest BCUT2D eigenvalue weighted by Gasteiger charge is -2.14. The molecule has 0 radical (unpaired) electrons. The highest BCUT2D eigenvalue weighted by atomic mass is 16.5. The van der Waals surface area contributed by atoms with Crippen LogP contribution in [0.25, 0.3) is 0 Å². The van der Waals surface area contributed by atoms with Crippen LogP contribution >= 0.6 is 0 Å². The van der Waals surface area contributed by atoms with Crippen molar-refractivity contribution in [2.75, 3.05) is 11.9 Å². The number of aliphatic hydroxyl groups excluding tert-OH is 1. The Morgan fingerprint density at radius 1 is 1.23 bits per heavy atom. The minimum absolute atomic E-state index is 0.121. The molecule has 0 saturated heterocycles. The fourth-order valence-electron chi connectivity index (χ4n) is 1.96. The molecule has 5 nitrogen and oxygen atoms in total. The molecule has 1 aromatic carbocycles. The lowest BCUT2D eigenvalue weighted by Crippen LogP contribution is -2.13. The number of nitrogens with one attached hydrogen (secondary N) is 1. The highest BCUT2D eigenvalue weighted by Crippen LogP contribution is 2.19. The van der Waals surface area contributed by atoms with E-state index >= 15 is 0 Å². The van der Waals surface area contributed by atoms with E-state index < -0.39 is 6.10 Å². The predicted octanol–water partition coefficient (Wildman–Crippen LogP) is 2.89.